The first-order valence-electron chi connectivity index (χ1n) is 6.66. The highest BCUT2D eigenvalue weighted by Gasteiger charge is 2.20. The van der Waals surface area contributed by atoms with Crippen LogP contribution in [0, 0.1) is 12.8 Å². The zero-order chi connectivity index (χ0) is 16.2. The molecule has 1 aromatic rings. The normalized spacial score (nSPS) is 11.7. The van der Waals surface area contributed by atoms with E-state index in [-0.39, 0.29) is 21.4 Å². The highest BCUT2D eigenvalue weighted by molar-refractivity contribution is 8.13. The Kier molecular flexibility index (Phi) is 6.50. The summed E-state index contributed by atoms with van der Waals surface area (Å²) in [6.45, 7) is 6.29. The Morgan fingerprint density at radius 3 is 2.48 bits per heavy atom. The molecule has 0 bridgehead atoms. The first kappa shape index (κ1) is 18.3. The number of amides is 1. The third-order valence-electron chi connectivity index (χ3n) is 3.08. The number of nitrogens with one attached hydrogen (secondary N) is 1. The molecule has 0 saturated carbocycles. The van der Waals surface area contributed by atoms with Crippen LogP contribution in [0.2, 0.25) is 5.02 Å². The number of carbonyl (C=O) groups is 1. The minimum atomic E-state index is -3.94. The summed E-state index contributed by atoms with van der Waals surface area (Å²) in [5.74, 6) is 0.225. The third kappa shape index (κ3) is 5.49. The van der Waals surface area contributed by atoms with Crippen molar-refractivity contribution in [1.82, 2.24) is 5.32 Å². The average Bonchev–Trinajstić information content (AvgIpc) is 2.35. The molecule has 0 aliphatic carbocycles. The van der Waals surface area contributed by atoms with Gasteiger partial charge in [-0.3, -0.25) is 4.79 Å². The summed E-state index contributed by atoms with van der Waals surface area (Å²) >= 11 is 5.87. The molecule has 0 fully saturated rings. The monoisotopic (exact) mass is 351 g/mol. The molecule has 1 N–H and O–H groups in total. The first-order valence-corrected chi connectivity index (χ1v) is 9.34. The number of halogens is 2. The van der Waals surface area contributed by atoms with E-state index in [1.54, 1.807) is 0 Å². The maximum Gasteiger partial charge on any atom is 0.261 e. The van der Waals surface area contributed by atoms with Crippen molar-refractivity contribution in [3.8, 4) is 0 Å². The smallest absolute Gasteiger partial charge is 0.261 e. The Labute approximate surface area is 135 Å². The van der Waals surface area contributed by atoms with Crippen molar-refractivity contribution in [1.29, 1.82) is 0 Å². The second-order valence-electron chi connectivity index (χ2n) is 5.31. The highest BCUT2D eigenvalue weighted by atomic mass is 35.7. The van der Waals surface area contributed by atoms with Crippen molar-refractivity contribution in [2.45, 2.75) is 38.5 Å². The molecule has 0 spiro atoms. The molecule has 7 heteroatoms. The lowest BCUT2D eigenvalue weighted by Crippen LogP contribution is -2.25. The Morgan fingerprint density at radius 2 is 1.95 bits per heavy atom. The second kappa shape index (κ2) is 7.47. The Morgan fingerprint density at radius 1 is 1.33 bits per heavy atom. The van der Waals surface area contributed by atoms with E-state index in [2.05, 4.69) is 19.2 Å². The van der Waals surface area contributed by atoms with Crippen LogP contribution < -0.4 is 5.32 Å². The molecule has 1 rings (SSSR count). The zero-order valence-electron chi connectivity index (χ0n) is 12.2. The van der Waals surface area contributed by atoms with E-state index in [0.29, 0.717) is 18.0 Å². The lowest BCUT2D eigenvalue weighted by atomic mass is 10.1. The predicted octanol–water partition coefficient (Wildman–Crippen LogP) is 3.74. The summed E-state index contributed by atoms with van der Waals surface area (Å²) in [5.41, 5.74) is 0.530. The topological polar surface area (TPSA) is 63.2 Å². The van der Waals surface area contributed by atoms with E-state index < -0.39 is 9.05 Å². The van der Waals surface area contributed by atoms with Gasteiger partial charge >= 0.3 is 0 Å². The molecule has 21 heavy (non-hydrogen) atoms. The molecule has 0 unspecified atom stereocenters. The lowest BCUT2D eigenvalue weighted by Gasteiger charge is -2.11. The molecule has 0 atom stereocenters. The van der Waals surface area contributed by atoms with Crippen LogP contribution in [0.3, 0.4) is 0 Å². The summed E-state index contributed by atoms with van der Waals surface area (Å²) in [4.78, 5) is 12.0. The van der Waals surface area contributed by atoms with Gasteiger partial charge in [0.15, 0.2) is 0 Å². The number of hydrogen-bond acceptors (Lipinski definition) is 3. The first-order chi connectivity index (χ1) is 9.62. The van der Waals surface area contributed by atoms with Gasteiger partial charge in [-0.1, -0.05) is 25.4 Å². The van der Waals surface area contributed by atoms with Crippen molar-refractivity contribution in [3.05, 3.63) is 28.3 Å². The molecule has 0 heterocycles. The van der Waals surface area contributed by atoms with Gasteiger partial charge in [0.2, 0.25) is 0 Å². The molecule has 1 amide bonds. The van der Waals surface area contributed by atoms with Crippen LogP contribution >= 0.6 is 22.3 Å². The predicted molar refractivity (Wildman–Crippen MR) is 85.6 cm³/mol. The quantitative estimate of drug-likeness (QED) is 0.627. The van der Waals surface area contributed by atoms with Gasteiger partial charge in [-0.25, -0.2) is 8.42 Å². The summed E-state index contributed by atoms with van der Waals surface area (Å²) < 4.78 is 23.0. The average molecular weight is 352 g/mol. The van der Waals surface area contributed by atoms with Crippen molar-refractivity contribution in [3.63, 3.8) is 0 Å². The van der Waals surface area contributed by atoms with Gasteiger partial charge in [0, 0.05) is 27.8 Å². The largest absolute Gasteiger partial charge is 0.352 e. The van der Waals surface area contributed by atoms with Gasteiger partial charge in [0.25, 0.3) is 15.0 Å². The Hall–Kier alpha value is -0.780. The van der Waals surface area contributed by atoms with Crippen LogP contribution in [0.5, 0.6) is 0 Å². The molecule has 0 radical (unpaired) electrons. The molecule has 0 aliphatic heterocycles. The molecule has 0 saturated heterocycles. The van der Waals surface area contributed by atoms with E-state index in [1.807, 2.05) is 0 Å². The lowest BCUT2D eigenvalue weighted by molar-refractivity contribution is 0.0951. The van der Waals surface area contributed by atoms with Crippen LogP contribution in [0.25, 0.3) is 0 Å². The maximum atomic E-state index is 12.1. The van der Waals surface area contributed by atoms with E-state index in [0.717, 1.165) is 12.8 Å². The fraction of sp³-hybridized carbons (Fsp3) is 0.500. The molecule has 1 aromatic carbocycles. The summed E-state index contributed by atoms with van der Waals surface area (Å²) in [6, 6.07) is 2.69. The van der Waals surface area contributed by atoms with E-state index >= 15 is 0 Å². The standard InChI is InChI=1S/C14H19Cl2NO3S/c1-9(2)5-4-6-17-14(18)12-7-11(15)8-13(10(12)3)21(16,19)20/h7-9H,4-6H2,1-3H3,(H,17,18). The van der Waals surface area contributed by atoms with E-state index in [1.165, 1.54) is 19.1 Å². The summed E-state index contributed by atoms with van der Waals surface area (Å²) in [5, 5.41) is 2.92. The fourth-order valence-corrected chi connectivity index (χ4v) is 3.46. The van der Waals surface area contributed by atoms with Crippen molar-refractivity contribution < 1.29 is 13.2 Å². The molecular formula is C14H19Cl2NO3S. The number of hydrogen-bond donors (Lipinski definition) is 1. The van der Waals surface area contributed by atoms with Crippen LogP contribution in [-0.4, -0.2) is 20.9 Å². The molecule has 4 nitrogen and oxygen atoms in total. The van der Waals surface area contributed by atoms with E-state index in [9.17, 15) is 13.2 Å². The number of rotatable bonds is 6. The molecule has 118 valence electrons. The van der Waals surface area contributed by atoms with Gasteiger partial charge in [-0.15, -0.1) is 0 Å². The van der Waals surface area contributed by atoms with Gasteiger partial charge in [0.05, 0.1) is 4.90 Å². The summed E-state index contributed by atoms with van der Waals surface area (Å²) in [7, 11) is 1.42. The van der Waals surface area contributed by atoms with E-state index in [4.69, 9.17) is 22.3 Å². The number of benzene rings is 1. The Balaban J connectivity index is 2.93. The Bertz CT molecular complexity index is 627. The van der Waals surface area contributed by atoms with Gasteiger partial charge in [-0.05, 0) is 43.4 Å². The SMILES string of the molecule is Cc1c(C(=O)NCCCC(C)C)cc(Cl)cc1S(=O)(=O)Cl. The van der Waals surface area contributed by atoms with Gasteiger partial charge in [-0.2, -0.15) is 0 Å². The second-order valence-corrected chi connectivity index (χ2v) is 8.28. The molecule has 0 aromatic heterocycles. The maximum absolute atomic E-state index is 12.1. The highest BCUT2D eigenvalue weighted by Crippen LogP contribution is 2.27. The van der Waals surface area contributed by atoms with Crippen molar-refractivity contribution in [2.75, 3.05) is 6.54 Å². The van der Waals surface area contributed by atoms with Crippen LogP contribution in [0.1, 0.15) is 42.6 Å². The van der Waals surface area contributed by atoms with Crippen LogP contribution in [0.4, 0.5) is 0 Å². The fourth-order valence-electron chi connectivity index (χ4n) is 1.95. The van der Waals surface area contributed by atoms with Gasteiger partial charge in [0.1, 0.15) is 0 Å². The minimum Gasteiger partial charge on any atom is -0.352 e. The number of carbonyl (C=O) groups excluding carboxylic acids is 1. The van der Waals surface area contributed by atoms with Gasteiger partial charge < -0.3 is 5.32 Å². The third-order valence-corrected chi connectivity index (χ3v) is 4.74. The van der Waals surface area contributed by atoms with Crippen molar-refractivity contribution >= 4 is 37.2 Å². The molecular weight excluding hydrogens is 333 g/mol. The van der Waals surface area contributed by atoms with Crippen LogP contribution in [-0.2, 0) is 9.05 Å². The summed E-state index contributed by atoms with van der Waals surface area (Å²) in [6.07, 6.45) is 1.87. The minimum absolute atomic E-state index is 0.135. The van der Waals surface area contributed by atoms with Crippen LogP contribution in [0.15, 0.2) is 17.0 Å². The zero-order valence-corrected chi connectivity index (χ0v) is 14.6. The molecule has 0 aliphatic rings. The van der Waals surface area contributed by atoms with Crippen molar-refractivity contribution in [2.24, 2.45) is 5.92 Å².